The van der Waals surface area contributed by atoms with E-state index in [0.29, 0.717) is 19.4 Å². The number of carbonyl (C=O) groups is 2. The van der Waals surface area contributed by atoms with Crippen LogP contribution >= 0.6 is 11.3 Å². The van der Waals surface area contributed by atoms with Crippen LogP contribution in [0.15, 0.2) is 64.2 Å². The molecule has 3 amide bonds. The molecule has 4 atom stereocenters. The molecule has 2 heterocycles. The minimum absolute atomic E-state index is 0.0912. The van der Waals surface area contributed by atoms with Gasteiger partial charge in [-0.2, -0.15) is 13.2 Å². The number of fused-ring (bicyclic) bond motifs is 1. The Labute approximate surface area is 294 Å². The van der Waals surface area contributed by atoms with Crippen molar-refractivity contribution in [1.29, 1.82) is 0 Å². The van der Waals surface area contributed by atoms with Crippen molar-refractivity contribution >= 4 is 44.7 Å². The molecule has 0 aliphatic carbocycles. The first-order chi connectivity index (χ1) is 23.6. The van der Waals surface area contributed by atoms with Gasteiger partial charge in [0.05, 0.1) is 36.0 Å². The quantitative estimate of drug-likeness (QED) is 0.239. The van der Waals surface area contributed by atoms with Gasteiger partial charge in [-0.3, -0.25) is 9.52 Å². The highest BCUT2D eigenvalue weighted by molar-refractivity contribution is 7.94. The largest absolute Gasteiger partial charge is 0.490 e. The van der Waals surface area contributed by atoms with Gasteiger partial charge in [-0.15, -0.1) is 11.3 Å². The van der Waals surface area contributed by atoms with Crippen LogP contribution < -0.4 is 14.8 Å². The third-order valence-corrected chi connectivity index (χ3v) is 11.1. The predicted octanol–water partition coefficient (Wildman–Crippen LogP) is 6.53. The molecule has 1 aliphatic heterocycles. The smallest absolute Gasteiger partial charge is 0.416 e. The van der Waals surface area contributed by atoms with E-state index in [1.807, 2.05) is 13.8 Å². The Kier molecular flexibility index (Phi) is 13.2. The van der Waals surface area contributed by atoms with E-state index in [1.54, 1.807) is 24.4 Å². The Bertz CT molecular complexity index is 1690. The molecule has 11 nitrogen and oxygen atoms in total. The molecule has 0 saturated heterocycles. The van der Waals surface area contributed by atoms with Crippen molar-refractivity contribution in [2.45, 2.75) is 68.7 Å². The first-order valence-electron chi connectivity index (χ1n) is 16.2. The molecule has 0 radical (unpaired) electrons. The number of sulfonamides is 1. The minimum Gasteiger partial charge on any atom is -0.490 e. The summed E-state index contributed by atoms with van der Waals surface area (Å²) in [7, 11) is -2.37. The number of hydrogen-bond donors (Lipinski definition) is 3. The Morgan fingerprint density at radius 1 is 1.12 bits per heavy atom. The van der Waals surface area contributed by atoms with Crippen molar-refractivity contribution in [3.63, 3.8) is 0 Å². The van der Waals surface area contributed by atoms with Crippen molar-refractivity contribution in [2.24, 2.45) is 5.92 Å². The molecule has 0 spiro atoms. The summed E-state index contributed by atoms with van der Waals surface area (Å²) in [5.74, 6) is -0.600. The van der Waals surface area contributed by atoms with Gasteiger partial charge in [0.25, 0.3) is 15.9 Å². The van der Waals surface area contributed by atoms with Crippen LogP contribution in [0.5, 0.6) is 5.75 Å². The van der Waals surface area contributed by atoms with Crippen LogP contribution in [0.1, 0.15) is 56.0 Å². The monoisotopic (exact) mass is 740 g/mol. The van der Waals surface area contributed by atoms with Crippen molar-refractivity contribution < 1.29 is 45.8 Å². The molecule has 16 heteroatoms. The van der Waals surface area contributed by atoms with E-state index in [-0.39, 0.29) is 58.6 Å². The number of halogens is 3. The van der Waals surface area contributed by atoms with Crippen LogP contribution in [0.3, 0.4) is 0 Å². The number of rotatable bonds is 8. The highest BCUT2D eigenvalue weighted by Crippen LogP contribution is 2.31. The number of amides is 3. The summed E-state index contributed by atoms with van der Waals surface area (Å²) >= 11 is 1.06. The lowest BCUT2D eigenvalue weighted by molar-refractivity contribution is -0.137. The maximum absolute atomic E-state index is 14.3. The van der Waals surface area contributed by atoms with E-state index >= 15 is 0 Å². The van der Waals surface area contributed by atoms with Gasteiger partial charge in [-0.1, -0.05) is 13.0 Å². The van der Waals surface area contributed by atoms with Crippen LogP contribution in [0.4, 0.5) is 29.3 Å². The van der Waals surface area contributed by atoms with E-state index in [0.717, 1.165) is 29.9 Å². The normalized spacial score (nSPS) is 20.2. The number of hydrogen-bond acceptors (Lipinski definition) is 8. The third-order valence-electron chi connectivity index (χ3n) is 8.33. The second-order valence-corrected chi connectivity index (χ2v) is 15.3. The summed E-state index contributed by atoms with van der Waals surface area (Å²) in [6.07, 6.45) is -3.31. The number of aliphatic hydroxyl groups is 1. The lowest BCUT2D eigenvalue weighted by atomic mass is 10.0. The number of nitrogens with zero attached hydrogens (tertiary/aromatic N) is 2. The average Bonchev–Trinajstić information content (AvgIpc) is 3.62. The van der Waals surface area contributed by atoms with Gasteiger partial charge in [0.15, 0.2) is 0 Å². The maximum Gasteiger partial charge on any atom is 0.416 e. The SMILES string of the molecule is C[C@@H]1CCCCO[C@@H](CN(C)C(=O)Nc2ccc(C(F)(F)F)cc2)[C@@H](C)CN([C@H](C)CO)C(=O)c2cc(NS(=O)(=O)c3cccs3)ccc2O1. The molecule has 1 aliphatic rings. The molecule has 0 bridgehead atoms. The fourth-order valence-corrected chi connectivity index (χ4v) is 7.43. The zero-order valence-electron chi connectivity index (χ0n) is 28.3. The number of anilines is 2. The molecule has 0 fully saturated rings. The standard InChI is InChI=1S/C34H43F3N4O7S2/c1-22-19-41(23(2)21-42)32(43)28-18-27(39-50(45,46)31-9-7-17-49-31)14-15-29(28)48-24(3)8-5-6-16-47-30(22)20-40(4)33(44)38-26-12-10-25(11-13-26)34(35,36)37/h7,9-15,17-18,22-24,30,39,42H,5-6,8,16,19-21H2,1-4H3,(H,38,44)/t22-,23+,24+,30-/m0/s1. The van der Waals surface area contributed by atoms with Gasteiger partial charge in [-0.05, 0) is 87.0 Å². The van der Waals surface area contributed by atoms with Crippen molar-refractivity contribution in [3.05, 3.63) is 71.1 Å². The third kappa shape index (κ3) is 10.3. The van der Waals surface area contributed by atoms with Crippen LogP contribution in [-0.4, -0.2) is 86.9 Å². The summed E-state index contributed by atoms with van der Waals surface area (Å²) in [6.45, 7) is 5.60. The Balaban J connectivity index is 1.58. The molecule has 2 aromatic carbocycles. The molecule has 1 aromatic heterocycles. The van der Waals surface area contributed by atoms with Crippen LogP contribution in [0.2, 0.25) is 0 Å². The molecule has 0 unspecified atom stereocenters. The lowest BCUT2D eigenvalue weighted by Crippen LogP contribution is -2.48. The van der Waals surface area contributed by atoms with Crippen LogP contribution in [-0.2, 0) is 20.9 Å². The number of likely N-dealkylation sites (N-methyl/N-ethyl adjacent to an activating group) is 1. The van der Waals surface area contributed by atoms with Gasteiger partial charge in [0.1, 0.15) is 9.96 Å². The first kappa shape index (κ1) is 38.9. The number of carbonyl (C=O) groups excluding carboxylic acids is 2. The highest BCUT2D eigenvalue weighted by atomic mass is 32.2. The summed E-state index contributed by atoms with van der Waals surface area (Å²) in [4.78, 5) is 30.2. The number of aliphatic hydroxyl groups excluding tert-OH is 1. The van der Waals surface area contributed by atoms with Gasteiger partial charge in [0.2, 0.25) is 0 Å². The highest BCUT2D eigenvalue weighted by Gasteiger charge is 2.32. The fourth-order valence-electron chi connectivity index (χ4n) is 5.38. The predicted molar refractivity (Wildman–Crippen MR) is 185 cm³/mol. The Morgan fingerprint density at radius 3 is 2.46 bits per heavy atom. The Morgan fingerprint density at radius 2 is 1.82 bits per heavy atom. The fraction of sp³-hybridized carbons (Fsp3) is 0.471. The molecule has 4 rings (SSSR count). The van der Waals surface area contributed by atoms with E-state index in [9.17, 15) is 36.3 Å². The molecular formula is C34H43F3N4O7S2. The second kappa shape index (κ2) is 16.9. The van der Waals surface area contributed by atoms with Crippen LogP contribution in [0, 0.1) is 5.92 Å². The maximum atomic E-state index is 14.3. The number of ether oxygens (including phenoxy) is 2. The summed E-state index contributed by atoms with van der Waals surface area (Å²) < 4.78 is 80.0. The molecule has 274 valence electrons. The number of benzene rings is 2. The summed E-state index contributed by atoms with van der Waals surface area (Å²) in [5.41, 5.74) is -0.371. The van der Waals surface area contributed by atoms with Crippen molar-refractivity contribution in [3.8, 4) is 5.75 Å². The topological polar surface area (TPSA) is 138 Å². The summed E-state index contributed by atoms with van der Waals surface area (Å²) in [6, 6.07) is 10.5. The average molecular weight is 741 g/mol. The van der Waals surface area contributed by atoms with Crippen LogP contribution in [0.25, 0.3) is 0 Å². The molecule has 3 aromatic rings. The lowest BCUT2D eigenvalue weighted by Gasteiger charge is -2.35. The number of urea groups is 1. The molecule has 3 N–H and O–H groups in total. The van der Waals surface area contributed by atoms with E-state index in [2.05, 4.69) is 10.0 Å². The van der Waals surface area contributed by atoms with Crippen molar-refractivity contribution in [2.75, 3.05) is 43.4 Å². The van der Waals surface area contributed by atoms with Crippen molar-refractivity contribution in [1.82, 2.24) is 9.80 Å². The first-order valence-corrected chi connectivity index (χ1v) is 18.5. The number of thiophene rings is 1. The number of nitrogens with one attached hydrogen (secondary N) is 2. The minimum atomic E-state index is -4.50. The van der Waals surface area contributed by atoms with Gasteiger partial charge >= 0.3 is 12.2 Å². The molecular weight excluding hydrogens is 698 g/mol. The van der Waals surface area contributed by atoms with Gasteiger partial charge in [-0.25, -0.2) is 13.2 Å². The zero-order valence-corrected chi connectivity index (χ0v) is 29.9. The Hall–Kier alpha value is -3.86. The number of alkyl halides is 3. The zero-order chi connectivity index (χ0) is 36.6. The van der Waals surface area contributed by atoms with E-state index in [1.165, 1.54) is 47.2 Å². The van der Waals surface area contributed by atoms with E-state index in [4.69, 9.17) is 9.47 Å². The molecule has 0 saturated carbocycles. The van der Waals surface area contributed by atoms with Gasteiger partial charge < -0.3 is 29.7 Å². The van der Waals surface area contributed by atoms with Gasteiger partial charge in [0, 0.05) is 44.0 Å². The summed E-state index contributed by atoms with van der Waals surface area (Å²) in [5, 5.41) is 14.4. The van der Waals surface area contributed by atoms with E-state index < -0.39 is 45.8 Å². The molecule has 50 heavy (non-hydrogen) atoms. The second-order valence-electron chi connectivity index (χ2n) is 12.4.